The molecule has 2 fully saturated rings. The van der Waals surface area contributed by atoms with Crippen LogP contribution in [-0.2, 0) is 14.8 Å². The number of fused-ring (bicyclic) bond motifs is 1. The molecule has 0 bridgehead atoms. The highest BCUT2D eigenvalue weighted by atomic mass is 32.2. The average Bonchev–Trinajstić information content (AvgIpc) is 3.37. The quantitative estimate of drug-likeness (QED) is 0.503. The molecule has 0 aliphatic carbocycles. The summed E-state index contributed by atoms with van der Waals surface area (Å²) in [5.74, 6) is 0.253. The molecule has 5 rings (SSSR count). The van der Waals surface area contributed by atoms with Gasteiger partial charge in [0.25, 0.3) is 6.43 Å². The number of sulfonamides is 1. The van der Waals surface area contributed by atoms with Gasteiger partial charge < -0.3 is 15.0 Å². The molecule has 2 aliphatic heterocycles. The molecule has 2 N–H and O–H groups in total. The number of nitrogens with zero attached hydrogens (tertiary/aromatic N) is 5. The van der Waals surface area contributed by atoms with Gasteiger partial charge in [0.1, 0.15) is 4.90 Å². The number of pyridine rings is 1. The number of hydrogen-bond donors (Lipinski definition) is 2. The first kappa shape index (κ1) is 24.4. The Balaban J connectivity index is 1.66. The fraction of sp³-hybridized carbons (Fsp3) is 0.571. The van der Waals surface area contributed by atoms with E-state index in [9.17, 15) is 17.2 Å². The number of rotatable bonds is 6. The van der Waals surface area contributed by atoms with Crippen LogP contribution in [0.1, 0.15) is 39.1 Å². The predicted octanol–water partition coefficient (Wildman–Crippen LogP) is 2.43. The molecule has 0 unspecified atom stereocenters. The molecule has 2 saturated heterocycles. The summed E-state index contributed by atoms with van der Waals surface area (Å²) in [5.41, 5.74) is 0.424. The predicted molar refractivity (Wildman–Crippen MR) is 127 cm³/mol. The van der Waals surface area contributed by atoms with Gasteiger partial charge in [-0.05, 0) is 33.8 Å². The summed E-state index contributed by atoms with van der Waals surface area (Å²) in [6, 6.07) is 1.80. The number of piperazine rings is 1. The van der Waals surface area contributed by atoms with Gasteiger partial charge in [-0.1, -0.05) is 11.3 Å². The highest BCUT2D eigenvalue weighted by Crippen LogP contribution is 2.34. The Hall–Kier alpha value is -2.26. The van der Waals surface area contributed by atoms with Crippen molar-refractivity contribution in [3.8, 4) is 10.8 Å². The van der Waals surface area contributed by atoms with E-state index in [0.29, 0.717) is 24.3 Å². The fourth-order valence-corrected chi connectivity index (χ4v) is 6.78. The number of halogens is 2. The zero-order valence-electron chi connectivity index (χ0n) is 19.7. The molecule has 0 aromatic carbocycles. The molecular formula is C21H27F2N7O3S2. The van der Waals surface area contributed by atoms with E-state index in [1.807, 2.05) is 0 Å². The molecule has 3 aromatic heterocycles. The standard InChI is InChI=1S/C21H27F2N7O3S2/c1-12-7-29(9-20(2,3)25-12)14-5-13(35(31,32)28-21(4)10-33-11-21)8-30-15(14)6-24-17(30)19-27-26-18(34-19)16(22)23/h5-6,8,12,16,25,28H,7,9-11H2,1-4H3/t12-/m0/s1. The maximum absolute atomic E-state index is 13.4. The Labute approximate surface area is 205 Å². The van der Waals surface area contributed by atoms with Crippen LogP contribution in [0, 0.1) is 0 Å². The first-order valence-corrected chi connectivity index (χ1v) is 13.4. The van der Waals surface area contributed by atoms with E-state index in [1.165, 1.54) is 6.20 Å². The van der Waals surface area contributed by atoms with Gasteiger partial charge >= 0.3 is 0 Å². The summed E-state index contributed by atoms with van der Waals surface area (Å²) in [5, 5.41) is 10.7. The summed E-state index contributed by atoms with van der Waals surface area (Å²) in [7, 11) is -3.93. The summed E-state index contributed by atoms with van der Waals surface area (Å²) < 4.78 is 62.6. The van der Waals surface area contributed by atoms with E-state index in [4.69, 9.17) is 4.74 Å². The van der Waals surface area contributed by atoms with Gasteiger partial charge in [-0.2, -0.15) is 0 Å². The van der Waals surface area contributed by atoms with Crippen molar-refractivity contribution >= 4 is 32.6 Å². The molecule has 0 radical (unpaired) electrons. The van der Waals surface area contributed by atoms with Crippen LogP contribution in [0.2, 0.25) is 0 Å². The van der Waals surface area contributed by atoms with E-state index in [0.717, 1.165) is 11.3 Å². The number of hydrogen-bond acceptors (Lipinski definition) is 9. The smallest absolute Gasteiger partial charge is 0.291 e. The zero-order chi connectivity index (χ0) is 25.2. The lowest BCUT2D eigenvalue weighted by molar-refractivity contribution is -0.0523. The van der Waals surface area contributed by atoms with Gasteiger partial charge in [0.05, 0.1) is 36.2 Å². The second kappa shape index (κ2) is 8.40. The van der Waals surface area contributed by atoms with E-state index < -0.39 is 27.0 Å². The maximum Gasteiger partial charge on any atom is 0.291 e. The van der Waals surface area contributed by atoms with Crippen LogP contribution in [0.4, 0.5) is 14.5 Å². The third-order valence-electron chi connectivity index (χ3n) is 6.00. The molecule has 0 saturated carbocycles. The molecular weight excluding hydrogens is 500 g/mol. The summed E-state index contributed by atoms with van der Waals surface area (Å²) in [6.07, 6.45) is 0.309. The third kappa shape index (κ3) is 4.65. The van der Waals surface area contributed by atoms with Crippen molar-refractivity contribution in [2.45, 2.75) is 56.1 Å². The van der Waals surface area contributed by atoms with E-state index in [2.05, 4.69) is 50.9 Å². The van der Waals surface area contributed by atoms with Crippen molar-refractivity contribution in [2.24, 2.45) is 0 Å². The highest BCUT2D eigenvalue weighted by molar-refractivity contribution is 7.89. The number of aromatic nitrogens is 4. The number of imidazole rings is 1. The van der Waals surface area contributed by atoms with Gasteiger partial charge in [0, 0.05) is 30.9 Å². The molecule has 0 amide bonds. The van der Waals surface area contributed by atoms with Crippen LogP contribution in [-0.4, -0.2) is 71.4 Å². The maximum atomic E-state index is 13.4. The number of alkyl halides is 2. The Bertz CT molecular complexity index is 1370. The molecule has 0 spiro atoms. The van der Waals surface area contributed by atoms with Crippen LogP contribution in [0.5, 0.6) is 0 Å². The number of ether oxygens (including phenoxy) is 1. The average molecular weight is 528 g/mol. The molecule has 35 heavy (non-hydrogen) atoms. The molecule has 14 heteroatoms. The van der Waals surface area contributed by atoms with Crippen LogP contribution in [0.15, 0.2) is 23.4 Å². The van der Waals surface area contributed by atoms with Crippen molar-refractivity contribution in [2.75, 3.05) is 31.2 Å². The van der Waals surface area contributed by atoms with E-state index >= 15 is 0 Å². The van der Waals surface area contributed by atoms with Crippen molar-refractivity contribution in [3.63, 3.8) is 0 Å². The number of nitrogens with one attached hydrogen (secondary N) is 2. The second-order valence-corrected chi connectivity index (χ2v) is 12.8. The summed E-state index contributed by atoms with van der Waals surface area (Å²) in [6.45, 7) is 9.86. The minimum atomic E-state index is -3.93. The van der Waals surface area contributed by atoms with Gasteiger partial charge in [-0.15, -0.1) is 10.2 Å². The van der Waals surface area contributed by atoms with Gasteiger partial charge in [-0.25, -0.2) is 26.9 Å². The van der Waals surface area contributed by atoms with Gasteiger partial charge in [0.15, 0.2) is 15.8 Å². The lowest BCUT2D eigenvalue weighted by atomic mass is 9.98. The first-order chi connectivity index (χ1) is 16.4. The molecule has 5 heterocycles. The number of anilines is 1. The molecule has 190 valence electrons. The Kier molecular flexibility index (Phi) is 5.87. The first-order valence-electron chi connectivity index (χ1n) is 11.1. The Morgan fingerprint density at radius 1 is 1.29 bits per heavy atom. The van der Waals surface area contributed by atoms with E-state index in [-0.39, 0.29) is 40.5 Å². The normalized spacial score (nSPS) is 22.0. The monoisotopic (exact) mass is 527 g/mol. The highest BCUT2D eigenvalue weighted by Gasteiger charge is 2.39. The SMILES string of the molecule is C[C@H]1CN(c2cc(S(=O)(=O)NC3(C)COC3)cn3c(-c4nnc(C(F)F)s4)ncc23)CC(C)(C)N1. The van der Waals surface area contributed by atoms with Crippen LogP contribution in [0.3, 0.4) is 0 Å². The van der Waals surface area contributed by atoms with Crippen LogP contribution >= 0.6 is 11.3 Å². The summed E-state index contributed by atoms with van der Waals surface area (Å²) in [4.78, 5) is 6.58. The molecule has 3 aromatic rings. The molecule has 1 atom stereocenters. The third-order valence-corrected chi connectivity index (χ3v) is 8.54. The summed E-state index contributed by atoms with van der Waals surface area (Å²) >= 11 is 0.730. The lowest BCUT2D eigenvalue weighted by Gasteiger charge is -2.44. The lowest BCUT2D eigenvalue weighted by Crippen LogP contribution is -2.61. The fourth-order valence-electron chi connectivity index (χ4n) is 4.69. The zero-order valence-corrected chi connectivity index (χ0v) is 21.4. The largest absolute Gasteiger partial charge is 0.377 e. The van der Waals surface area contributed by atoms with Gasteiger partial charge in [0.2, 0.25) is 10.0 Å². The van der Waals surface area contributed by atoms with Crippen molar-refractivity contribution in [1.82, 2.24) is 29.6 Å². The molecule has 10 nitrogen and oxygen atoms in total. The minimum Gasteiger partial charge on any atom is -0.377 e. The van der Waals surface area contributed by atoms with Crippen LogP contribution in [0.25, 0.3) is 16.3 Å². The van der Waals surface area contributed by atoms with Crippen LogP contribution < -0.4 is 14.9 Å². The van der Waals surface area contributed by atoms with Gasteiger partial charge in [-0.3, -0.25) is 4.40 Å². The van der Waals surface area contributed by atoms with Crippen molar-refractivity contribution in [3.05, 3.63) is 23.5 Å². The topological polar surface area (TPSA) is 114 Å². The Morgan fingerprint density at radius 3 is 2.63 bits per heavy atom. The second-order valence-electron chi connectivity index (χ2n) is 10.1. The van der Waals surface area contributed by atoms with E-state index in [1.54, 1.807) is 23.6 Å². The molecule has 2 aliphatic rings. The van der Waals surface area contributed by atoms with Crippen molar-refractivity contribution in [1.29, 1.82) is 0 Å². The van der Waals surface area contributed by atoms with Crippen molar-refractivity contribution < 1.29 is 21.9 Å². The minimum absolute atomic E-state index is 0.0370. The Morgan fingerprint density at radius 2 is 2.03 bits per heavy atom.